The maximum Gasteiger partial charge on any atom is 0.336 e. The Hall–Kier alpha value is -2.32. The summed E-state index contributed by atoms with van der Waals surface area (Å²) in [6.45, 7) is 0. The molecule has 3 heterocycles. The van der Waals surface area contributed by atoms with Crippen LogP contribution in [0.4, 0.5) is 10.5 Å². The minimum absolute atomic E-state index is 0.0993. The van der Waals surface area contributed by atoms with Gasteiger partial charge in [0.2, 0.25) is 0 Å². The summed E-state index contributed by atoms with van der Waals surface area (Å²) in [5.41, 5.74) is 0.202. The lowest BCUT2D eigenvalue weighted by Crippen LogP contribution is -2.54. The molecule has 2 aromatic rings. The number of hydrogen-bond donors (Lipinski definition) is 1. The third kappa shape index (κ3) is 2.70. The molecule has 0 aliphatic carbocycles. The van der Waals surface area contributed by atoms with E-state index in [-0.39, 0.29) is 5.57 Å². The van der Waals surface area contributed by atoms with Crippen molar-refractivity contribution in [3.05, 3.63) is 50.9 Å². The van der Waals surface area contributed by atoms with Gasteiger partial charge in [-0.15, -0.1) is 11.3 Å². The number of anilines is 1. The van der Waals surface area contributed by atoms with E-state index in [0.29, 0.717) is 5.69 Å². The van der Waals surface area contributed by atoms with Crippen molar-refractivity contribution in [1.29, 1.82) is 0 Å². The van der Waals surface area contributed by atoms with Crippen LogP contribution < -0.4 is 10.2 Å². The van der Waals surface area contributed by atoms with Crippen molar-refractivity contribution in [3.63, 3.8) is 0 Å². The zero-order valence-corrected chi connectivity index (χ0v) is 13.3. The molecule has 1 aliphatic heterocycles. The molecule has 8 heteroatoms. The fourth-order valence-electron chi connectivity index (χ4n) is 1.92. The van der Waals surface area contributed by atoms with Crippen LogP contribution in [0.25, 0.3) is 6.08 Å². The molecule has 1 N–H and O–H groups in total. The number of pyridine rings is 1. The second kappa shape index (κ2) is 5.82. The maximum absolute atomic E-state index is 12.5. The van der Waals surface area contributed by atoms with Gasteiger partial charge < -0.3 is 0 Å². The molecule has 1 aliphatic rings. The Bertz CT molecular complexity index is 801. The van der Waals surface area contributed by atoms with Crippen LogP contribution in [0.2, 0.25) is 0 Å². The Morgan fingerprint density at radius 1 is 1.32 bits per heavy atom. The van der Waals surface area contributed by atoms with Crippen molar-refractivity contribution in [2.24, 2.45) is 0 Å². The fraction of sp³-hybridized carbons (Fsp3) is 0. The highest BCUT2D eigenvalue weighted by atomic mass is 79.9. The number of imide groups is 2. The lowest BCUT2D eigenvalue weighted by molar-refractivity contribution is -0.122. The van der Waals surface area contributed by atoms with E-state index in [2.05, 4.69) is 26.2 Å². The number of aromatic nitrogens is 1. The first-order valence-electron chi connectivity index (χ1n) is 6.12. The van der Waals surface area contributed by atoms with Gasteiger partial charge in [-0.05, 0) is 40.2 Å². The second-order valence-electron chi connectivity index (χ2n) is 4.34. The number of halogens is 1. The van der Waals surface area contributed by atoms with Gasteiger partial charge in [0.25, 0.3) is 11.8 Å². The number of nitrogens with one attached hydrogen (secondary N) is 1. The zero-order chi connectivity index (χ0) is 15.7. The molecule has 0 aromatic carbocycles. The van der Waals surface area contributed by atoms with Gasteiger partial charge in [-0.2, -0.15) is 0 Å². The molecule has 0 bridgehead atoms. The van der Waals surface area contributed by atoms with Crippen LogP contribution in [0, 0.1) is 0 Å². The monoisotopic (exact) mass is 377 g/mol. The molecule has 3 rings (SSSR count). The second-order valence-corrected chi connectivity index (χ2v) is 6.19. The molecule has 1 fully saturated rings. The van der Waals surface area contributed by atoms with Crippen molar-refractivity contribution in [2.75, 3.05) is 4.90 Å². The van der Waals surface area contributed by atoms with Gasteiger partial charge in [0, 0.05) is 20.9 Å². The summed E-state index contributed by atoms with van der Waals surface area (Å²) in [4.78, 5) is 41.9. The molecule has 0 atom stereocenters. The highest BCUT2D eigenvalue weighted by Crippen LogP contribution is 2.25. The number of hydrogen-bond acceptors (Lipinski definition) is 5. The smallest absolute Gasteiger partial charge is 0.273 e. The Balaban J connectivity index is 2.01. The molecule has 110 valence electrons. The molecular formula is C14H8BrN3O3S. The summed E-state index contributed by atoms with van der Waals surface area (Å²) in [7, 11) is 0. The van der Waals surface area contributed by atoms with Crippen LogP contribution >= 0.6 is 27.3 Å². The van der Waals surface area contributed by atoms with Crippen molar-refractivity contribution in [3.8, 4) is 0 Å². The SMILES string of the molecule is O=C1NC(=O)N(c2cccnc2)C(=O)C1=Cc1cc(Br)cs1. The predicted molar refractivity (Wildman–Crippen MR) is 85.3 cm³/mol. The largest absolute Gasteiger partial charge is 0.336 e. The number of carbonyl (C=O) groups excluding carboxylic acids is 3. The Kier molecular flexibility index (Phi) is 3.86. The Morgan fingerprint density at radius 2 is 2.14 bits per heavy atom. The number of carbonyl (C=O) groups is 3. The third-order valence-corrected chi connectivity index (χ3v) is 4.52. The standard InChI is InChI=1S/C14H8BrN3O3S/c15-8-4-10(22-7-8)5-11-12(19)17-14(21)18(13(11)20)9-2-1-3-16-6-9/h1-7H,(H,17,19,21). The highest BCUT2D eigenvalue weighted by molar-refractivity contribution is 9.10. The van der Waals surface area contributed by atoms with Gasteiger partial charge in [-0.25, -0.2) is 9.69 Å². The van der Waals surface area contributed by atoms with E-state index in [1.807, 2.05) is 5.38 Å². The number of barbiturate groups is 1. The zero-order valence-electron chi connectivity index (χ0n) is 10.9. The Morgan fingerprint density at radius 3 is 2.77 bits per heavy atom. The molecule has 0 unspecified atom stereocenters. The number of thiophene rings is 1. The minimum atomic E-state index is -0.785. The molecule has 1 saturated heterocycles. The van der Waals surface area contributed by atoms with E-state index in [1.54, 1.807) is 18.2 Å². The third-order valence-electron chi connectivity index (χ3n) is 2.88. The van der Waals surface area contributed by atoms with Crippen LogP contribution in [0.5, 0.6) is 0 Å². The van der Waals surface area contributed by atoms with E-state index < -0.39 is 17.8 Å². The predicted octanol–water partition coefficient (Wildman–Crippen LogP) is 2.57. The summed E-state index contributed by atoms with van der Waals surface area (Å²) in [6, 6.07) is 4.17. The van der Waals surface area contributed by atoms with E-state index in [9.17, 15) is 14.4 Å². The molecule has 6 nitrogen and oxygen atoms in total. The fourth-order valence-corrected chi connectivity index (χ4v) is 3.30. The van der Waals surface area contributed by atoms with Crippen molar-refractivity contribution >= 4 is 56.9 Å². The van der Waals surface area contributed by atoms with Gasteiger partial charge in [-0.1, -0.05) is 0 Å². The average molecular weight is 378 g/mol. The Labute approximate surface area is 137 Å². The molecule has 0 saturated carbocycles. The van der Waals surface area contributed by atoms with Gasteiger partial charge in [0.05, 0.1) is 11.9 Å². The van der Waals surface area contributed by atoms with Gasteiger partial charge in [0.15, 0.2) is 0 Å². The lowest BCUT2D eigenvalue weighted by Gasteiger charge is -2.25. The number of nitrogens with zero attached hydrogens (tertiary/aromatic N) is 2. The van der Waals surface area contributed by atoms with Crippen molar-refractivity contribution in [1.82, 2.24) is 10.3 Å². The number of urea groups is 1. The first-order chi connectivity index (χ1) is 10.6. The molecule has 22 heavy (non-hydrogen) atoms. The van der Waals surface area contributed by atoms with Crippen LogP contribution in [0.3, 0.4) is 0 Å². The molecule has 0 spiro atoms. The van der Waals surface area contributed by atoms with Gasteiger partial charge in [-0.3, -0.25) is 19.9 Å². The van der Waals surface area contributed by atoms with Gasteiger partial charge >= 0.3 is 6.03 Å². The van der Waals surface area contributed by atoms with Crippen molar-refractivity contribution in [2.45, 2.75) is 0 Å². The average Bonchev–Trinajstić information content (AvgIpc) is 2.90. The molecule has 4 amide bonds. The number of rotatable bonds is 2. The van der Waals surface area contributed by atoms with Crippen LogP contribution in [0.1, 0.15) is 4.88 Å². The topological polar surface area (TPSA) is 79.4 Å². The van der Waals surface area contributed by atoms with Crippen molar-refractivity contribution < 1.29 is 14.4 Å². The lowest BCUT2D eigenvalue weighted by atomic mass is 10.1. The quantitative estimate of drug-likeness (QED) is 0.644. The summed E-state index contributed by atoms with van der Waals surface area (Å²) >= 11 is 4.68. The molecule has 2 aromatic heterocycles. The van der Waals surface area contributed by atoms with E-state index in [4.69, 9.17) is 0 Å². The van der Waals surface area contributed by atoms with Crippen LogP contribution in [-0.2, 0) is 9.59 Å². The summed E-state index contributed by atoms with van der Waals surface area (Å²) in [6.07, 6.45) is 4.37. The van der Waals surface area contributed by atoms with Gasteiger partial charge in [0.1, 0.15) is 5.57 Å². The maximum atomic E-state index is 12.5. The molecule has 0 radical (unpaired) electrons. The first-order valence-corrected chi connectivity index (χ1v) is 7.79. The number of amides is 4. The summed E-state index contributed by atoms with van der Waals surface area (Å²) in [5, 5.41) is 3.99. The first kappa shape index (κ1) is 14.6. The summed E-state index contributed by atoms with van der Waals surface area (Å²) < 4.78 is 0.855. The van der Waals surface area contributed by atoms with E-state index >= 15 is 0 Å². The van der Waals surface area contributed by atoms with E-state index in [1.165, 1.54) is 29.8 Å². The van der Waals surface area contributed by atoms with Crippen LogP contribution in [0.15, 0.2) is 46.0 Å². The van der Waals surface area contributed by atoms with Crippen LogP contribution in [-0.4, -0.2) is 22.8 Å². The summed E-state index contributed by atoms with van der Waals surface area (Å²) in [5.74, 6) is -1.38. The minimum Gasteiger partial charge on any atom is -0.273 e. The highest BCUT2D eigenvalue weighted by Gasteiger charge is 2.36. The molecular weight excluding hydrogens is 370 g/mol. The normalized spacial score (nSPS) is 17.0. The van der Waals surface area contributed by atoms with E-state index in [0.717, 1.165) is 14.2 Å².